The van der Waals surface area contributed by atoms with Crippen LogP contribution in [0.1, 0.15) is 0 Å². The molecule has 25 heavy (non-hydrogen) atoms. The van der Waals surface area contributed by atoms with Gasteiger partial charge in [-0.05, 0) is 0 Å². The third-order valence-electron chi connectivity index (χ3n) is 4.30. The Morgan fingerprint density at radius 2 is 1.60 bits per heavy atom. The Morgan fingerprint density at radius 3 is 2.16 bits per heavy atom. The molecule has 0 aliphatic carbocycles. The zero-order chi connectivity index (χ0) is 18.9. The number of aliphatic hydroxyl groups excluding tert-OH is 7. The van der Waals surface area contributed by atoms with E-state index in [9.17, 15) is 35.7 Å². The Kier molecular flexibility index (Phi) is 6.70. The number of aliphatic hydroxyl groups is 8. The van der Waals surface area contributed by atoms with E-state index in [4.69, 9.17) is 24.1 Å². The quantitative estimate of drug-likeness (QED) is 0.228. The second kappa shape index (κ2) is 8.04. The second-order valence-corrected chi connectivity index (χ2v) is 6.00. The van der Waals surface area contributed by atoms with Crippen LogP contribution in [0.3, 0.4) is 0 Å². The molecule has 2 aliphatic rings. The highest BCUT2D eigenvalue weighted by Crippen LogP contribution is 2.30. The highest BCUT2D eigenvalue weighted by molar-refractivity contribution is 4.94. The fourth-order valence-electron chi connectivity index (χ4n) is 2.73. The number of rotatable bonds is 5. The Labute approximate surface area is 142 Å². The zero-order valence-corrected chi connectivity index (χ0v) is 13.3. The van der Waals surface area contributed by atoms with Crippen molar-refractivity contribution < 1.29 is 59.8 Å². The van der Waals surface area contributed by atoms with Crippen LogP contribution in [0.4, 0.5) is 0 Å². The van der Waals surface area contributed by atoms with E-state index in [1.54, 1.807) is 0 Å². The lowest BCUT2D eigenvalue weighted by Gasteiger charge is -2.45. The molecule has 148 valence electrons. The molecule has 0 aromatic carbocycles. The fourth-order valence-corrected chi connectivity index (χ4v) is 2.73. The van der Waals surface area contributed by atoms with E-state index in [-0.39, 0.29) is 0 Å². The summed E-state index contributed by atoms with van der Waals surface area (Å²) >= 11 is 0. The molecule has 0 aromatic rings. The first kappa shape index (κ1) is 20.8. The molecule has 0 bridgehead atoms. The van der Waals surface area contributed by atoms with Crippen molar-refractivity contribution in [1.82, 2.24) is 0 Å². The van der Waals surface area contributed by atoms with E-state index in [0.29, 0.717) is 0 Å². The predicted molar refractivity (Wildman–Crippen MR) is 74.6 cm³/mol. The number of hydrogen-bond donors (Lipinski definition) is 8. The zero-order valence-electron chi connectivity index (χ0n) is 13.3. The average molecular weight is 372 g/mol. The van der Waals surface area contributed by atoms with Gasteiger partial charge in [-0.3, -0.25) is 0 Å². The molecule has 0 spiro atoms. The van der Waals surface area contributed by atoms with Gasteiger partial charge in [-0.1, -0.05) is 0 Å². The molecule has 8 N–H and O–H groups in total. The maximum atomic E-state index is 10.2. The van der Waals surface area contributed by atoms with Crippen molar-refractivity contribution >= 4 is 0 Å². The van der Waals surface area contributed by atoms with Gasteiger partial charge >= 0.3 is 0 Å². The highest BCUT2D eigenvalue weighted by Gasteiger charge is 2.54. The molecule has 0 saturated carbocycles. The van der Waals surface area contributed by atoms with Crippen LogP contribution >= 0.6 is 0 Å². The highest BCUT2D eigenvalue weighted by atomic mass is 16.8. The molecule has 2 fully saturated rings. The molecule has 2 saturated heterocycles. The minimum absolute atomic E-state index is 0.637. The van der Waals surface area contributed by atoms with Crippen LogP contribution in [-0.2, 0) is 18.9 Å². The first-order chi connectivity index (χ1) is 11.7. The van der Waals surface area contributed by atoms with Gasteiger partial charge in [-0.25, -0.2) is 0 Å². The topological polar surface area (TPSA) is 199 Å². The molecule has 0 aromatic heterocycles. The summed E-state index contributed by atoms with van der Waals surface area (Å²) in [5.74, 6) is -2.60. The van der Waals surface area contributed by atoms with E-state index in [0.717, 1.165) is 0 Å². The molecule has 2 heterocycles. The smallest absolute Gasteiger partial charge is 0.221 e. The molecular weight excluding hydrogens is 348 g/mol. The van der Waals surface area contributed by atoms with Gasteiger partial charge in [-0.2, -0.15) is 0 Å². The van der Waals surface area contributed by atoms with E-state index in [1.165, 1.54) is 7.11 Å². The van der Waals surface area contributed by atoms with Crippen LogP contribution in [-0.4, -0.2) is 122 Å². The van der Waals surface area contributed by atoms with Crippen LogP contribution in [0, 0.1) is 0 Å². The van der Waals surface area contributed by atoms with Crippen molar-refractivity contribution in [1.29, 1.82) is 0 Å². The van der Waals surface area contributed by atoms with Gasteiger partial charge in [0, 0.05) is 7.11 Å². The third-order valence-corrected chi connectivity index (χ3v) is 4.30. The summed E-state index contributed by atoms with van der Waals surface area (Å²) in [6, 6.07) is 0. The summed E-state index contributed by atoms with van der Waals surface area (Å²) < 4.78 is 20.1. The minimum atomic E-state index is -2.60. The van der Waals surface area contributed by atoms with Crippen LogP contribution < -0.4 is 0 Å². The molecule has 12 nitrogen and oxygen atoms in total. The normalized spacial score (nSPS) is 51.5. The van der Waals surface area contributed by atoms with Gasteiger partial charge in [0.1, 0.15) is 49.3 Å². The van der Waals surface area contributed by atoms with Gasteiger partial charge in [0.05, 0.1) is 6.61 Å². The number of ether oxygens (including phenoxy) is 4. The lowest BCUT2D eigenvalue weighted by atomic mass is 9.96. The first-order valence-electron chi connectivity index (χ1n) is 7.55. The Morgan fingerprint density at radius 1 is 0.960 bits per heavy atom. The molecule has 0 radical (unpaired) electrons. The summed E-state index contributed by atoms with van der Waals surface area (Å²) in [4.78, 5) is 0. The molecule has 2 rings (SSSR count). The van der Waals surface area contributed by atoms with E-state index in [2.05, 4.69) is 0 Å². The largest absolute Gasteiger partial charge is 0.394 e. The summed E-state index contributed by atoms with van der Waals surface area (Å²) in [6.07, 6.45) is -14.5. The Bertz CT molecular complexity index is 437. The monoisotopic (exact) mass is 372 g/mol. The van der Waals surface area contributed by atoms with E-state index >= 15 is 0 Å². The van der Waals surface area contributed by atoms with Crippen LogP contribution in [0.2, 0.25) is 0 Å². The summed E-state index contributed by atoms with van der Waals surface area (Å²) in [5, 5.41) is 77.5. The van der Waals surface area contributed by atoms with Gasteiger partial charge in [0.15, 0.2) is 12.6 Å². The van der Waals surface area contributed by atoms with Crippen molar-refractivity contribution in [3.63, 3.8) is 0 Å². The Balaban J connectivity index is 2.07. The van der Waals surface area contributed by atoms with Crippen molar-refractivity contribution in [3.8, 4) is 0 Å². The van der Waals surface area contributed by atoms with E-state index < -0.39 is 74.3 Å². The summed E-state index contributed by atoms with van der Waals surface area (Å²) in [7, 11) is 1.20. The fraction of sp³-hybridized carbons (Fsp3) is 1.00. The number of hydrogen-bond acceptors (Lipinski definition) is 12. The van der Waals surface area contributed by atoms with Crippen molar-refractivity contribution in [2.24, 2.45) is 0 Å². The van der Waals surface area contributed by atoms with Gasteiger partial charge in [-0.15, -0.1) is 0 Å². The summed E-state index contributed by atoms with van der Waals surface area (Å²) in [5.41, 5.74) is 0. The Hall–Kier alpha value is -0.480. The van der Waals surface area contributed by atoms with E-state index in [1.807, 2.05) is 0 Å². The second-order valence-electron chi connectivity index (χ2n) is 6.00. The van der Waals surface area contributed by atoms with Gasteiger partial charge in [0.25, 0.3) is 0 Å². The minimum Gasteiger partial charge on any atom is -0.394 e. The van der Waals surface area contributed by atoms with Crippen molar-refractivity contribution in [3.05, 3.63) is 0 Å². The molecule has 2 unspecified atom stereocenters. The molecule has 10 atom stereocenters. The maximum absolute atomic E-state index is 10.2. The lowest BCUT2D eigenvalue weighted by molar-refractivity contribution is -0.405. The van der Waals surface area contributed by atoms with Crippen LogP contribution in [0.25, 0.3) is 0 Å². The predicted octanol–water partition coefficient (Wildman–Crippen LogP) is -5.42. The summed E-state index contributed by atoms with van der Waals surface area (Å²) in [6.45, 7) is -1.50. The molecular formula is C13H24O12. The third kappa shape index (κ3) is 3.95. The van der Waals surface area contributed by atoms with Crippen molar-refractivity contribution in [2.45, 2.75) is 61.1 Å². The molecule has 0 amide bonds. The number of methoxy groups -OCH3 is 1. The standard InChI is InChI=1S/C13H24O12/c1-22-9-6(16)5(15)4(2-14)24-12(9)23-3-13(21)10(19)7(17)8(18)11(20)25-13/h4-12,14-21H,2-3H2,1H3/t4?,5-,6-,7+,8+,9+,10+,11?,12+,13+/m0/s1. The van der Waals surface area contributed by atoms with Crippen molar-refractivity contribution in [2.75, 3.05) is 20.3 Å². The average Bonchev–Trinajstić information content (AvgIpc) is 2.59. The lowest BCUT2D eigenvalue weighted by Crippen LogP contribution is -2.67. The van der Waals surface area contributed by atoms with Crippen LogP contribution in [0.5, 0.6) is 0 Å². The molecule has 12 heteroatoms. The molecule has 2 aliphatic heterocycles. The first-order valence-corrected chi connectivity index (χ1v) is 7.55. The van der Waals surface area contributed by atoms with Gasteiger partial charge < -0.3 is 59.8 Å². The SMILES string of the molecule is CO[C@H]1[C@H](OC[C@@]2(O)OC(O)[C@H](O)[C@@H](O)[C@H]2O)OC(CO)[C@H](O)[C@@H]1O. The maximum Gasteiger partial charge on any atom is 0.221 e. The van der Waals surface area contributed by atoms with Gasteiger partial charge in [0.2, 0.25) is 5.79 Å². The van der Waals surface area contributed by atoms with Crippen LogP contribution in [0.15, 0.2) is 0 Å².